The van der Waals surface area contributed by atoms with Crippen LogP contribution in [0.15, 0.2) is 54.9 Å². The molecule has 1 heteroatoms. The average molecular weight is 185 g/mol. The molecule has 0 N–H and O–H groups in total. The van der Waals surface area contributed by atoms with Gasteiger partial charge in [-0.2, -0.15) is 0 Å². The van der Waals surface area contributed by atoms with Gasteiger partial charge in [0.1, 0.15) is 0 Å². The molecule has 0 aliphatic carbocycles. The van der Waals surface area contributed by atoms with Crippen LogP contribution >= 0.6 is 0 Å². The Morgan fingerprint density at radius 3 is 2.07 bits per heavy atom. The number of anilines is 1. The zero-order valence-electron chi connectivity index (χ0n) is 8.64. The van der Waals surface area contributed by atoms with Gasteiger partial charge in [0.15, 0.2) is 0 Å². The maximum atomic E-state index is 2.21. The van der Waals surface area contributed by atoms with E-state index in [-0.39, 0.29) is 5.41 Å². The molecule has 0 aromatic heterocycles. The van der Waals surface area contributed by atoms with Gasteiger partial charge < -0.3 is 4.90 Å². The van der Waals surface area contributed by atoms with Gasteiger partial charge in [0, 0.05) is 23.5 Å². The maximum Gasteiger partial charge on any atom is 0.0449 e. The molecule has 0 amide bonds. The second kappa shape index (κ2) is 3.33. The van der Waals surface area contributed by atoms with Crippen molar-refractivity contribution >= 4 is 5.69 Å². The SMILES string of the molecule is CC1(C)C=CN(c2ccccc2)C=C1. The highest BCUT2D eigenvalue weighted by Gasteiger charge is 2.14. The monoisotopic (exact) mass is 185 g/mol. The van der Waals surface area contributed by atoms with Crippen molar-refractivity contribution in [1.82, 2.24) is 0 Å². The van der Waals surface area contributed by atoms with Crippen LogP contribution in [0, 0.1) is 5.41 Å². The van der Waals surface area contributed by atoms with E-state index in [1.165, 1.54) is 5.69 Å². The van der Waals surface area contributed by atoms with Crippen molar-refractivity contribution in [2.24, 2.45) is 5.41 Å². The second-order valence-electron chi connectivity index (χ2n) is 4.20. The Bertz CT molecular complexity index is 344. The third-order valence-corrected chi connectivity index (χ3v) is 2.38. The van der Waals surface area contributed by atoms with E-state index in [1.54, 1.807) is 0 Å². The van der Waals surface area contributed by atoms with Gasteiger partial charge in [-0.05, 0) is 12.1 Å². The molecule has 72 valence electrons. The van der Waals surface area contributed by atoms with Crippen LogP contribution in [-0.2, 0) is 0 Å². The Kier molecular flexibility index (Phi) is 2.16. The largest absolute Gasteiger partial charge is 0.324 e. The van der Waals surface area contributed by atoms with Gasteiger partial charge in [-0.3, -0.25) is 0 Å². The third-order valence-electron chi connectivity index (χ3n) is 2.38. The van der Waals surface area contributed by atoms with Crippen LogP contribution in [0.4, 0.5) is 5.69 Å². The first-order chi connectivity index (χ1) is 6.67. The summed E-state index contributed by atoms with van der Waals surface area (Å²) in [6.45, 7) is 4.39. The first-order valence-corrected chi connectivity index (χ1v) is 4.89. The molecule has 1 aliphatic heterocycles. The minimum absolute atomic E-state index is 0.186. The van der Waals surface area contributed by atoms with Crippen molar-refractivity contribution in [3.05, 3.63) is 54.9 Å². The van der Waals surface area contributed by atoms with Gasteiger partial charge in [-0.25, -0.2) is 0 Å². The lowest BCUT2D eigenvalue weighted by Crippen LogP contribution is -2.16. The van der Waals surface area contributed by atoms with Gasteiger partial charge in [0.2, 0.25) is 0 Å². The predicted octanol–water partition coefficient (Wildman–Crippen LogP) is 3.56. The van der Waals surface area contributed by atoms with Crippen molar-refractivity contribution in [2.75, 3.05) is 4.90 Å². The van der Waals surface area contributed by atoms with E-state index >= 15 is 0 Å². The van der Waals surface area contributed by atoms with E-state index in [9.17, 15) is 0 Å². The van der Waals surface area contributed by atoms with Crippen molar-refractivity contribution in [2.45, 2.75) is 13.8 Å². The molecule has 1 aromatic rings. The predicted molar refractivity (Wildman–Crippen MR) is 61.0 cm³/mol. The molecule has 1 nitrogen and oxygen atoms in total. The molecule has 1 aliphatic rings. The molecule has 0 fully saturated rings. The molecule has 0 radical (unpaired) electrons. The van der Waals surface area contributed by atoms with Gasteiger partial charge in [-0.15, -0.1) is 0 Å². The summed E-state index contributed by atoms with van der Waals surface area (Å²) in [4.78, 5) is 2.13. The van der Waals surface area contributed by atoms with Crippen molar-refractivity contribution in [3.8, 4) is 0 Å². The van der Waals surface area contributed by atoms with Gasteiger partial charge in [0.05, 0.1) is 0 Å². The highest BCUT2D eigenvalue weighted by molar-refractivity contribution is 5.53. The summed E-state index contributed by atoms with van der Waals surface area (Å²) < 4.78 is 0. The Balaban J connectivity index is 2.22. The molecule has 0 saturated carbocycles. The molecule has 0 saturated heterocycles. The zero-order chi connectivity index (χ0) is 10.0. The summed E-state index contributed by atoms with van der Waals surface area (Å²) in [7, 11) is 0. The molecule has 0 bridgehead atoms. The molecule has 0 unspecified atom stereocenters. The average Bonchev–Trinajstić information content (AvgIpc) is 2.19. The molecular weight excluding hydrogens is 170 g/mol. The topological polar surface area (TPSA) is 3.24 Å². The van der Waals surface area contributed by atoms with Crippen LogP contribution < -0.4 is 4.90 Å². The van der Waals surface area contributed by atoms with Crippen molar-refractivity contribution < 1.29 is 0 Å². The number of rotatable bonds is 1. The first kappa shape index (κ1) is 9.07. The molecule has 0 atom stereocenters. The van der Waals surface area contributed by atoms with Crippen LogP contribution in [0.5, 0.6) is 0 Å². The van der Waals surface area contributed by atoms with Crippen molar-refractivity contribution in [1.29, 1.82) is 0 Å². The molecule has 2 rings (SSSR count). The zero-order valence-corrected chi connectivity index (χ0v) is 8.64. The highest BCUT2D eigenvalue weighted by Crippen LogP contribution is 2.26. The quantitative estimate of drug-likeness (QED) is 0.646. The lowest BCUT2D eigenvalue weighted by molar-refractivity contribution is 0.614. The molecule has 1 aromatic carbocycles. The van der Waals surface area contributed by atoms with Crippen LogP contribution in [0.1, 0.15) is 13.8 Å². The van der Waals surface area contributed by atoms with Crippen LogP contribution in [0.3, 0.4) is 0 Å². The van der Waals surface area contributed by atoms with E-state index < -0.39 is 0 Å². The Labute approximate surface area is 85.4 Å². The van der Waals surface area contributed by atoms with E-state index in [0.29, 0.717) is 0 Å². The first-order valence-electron chi connectivity index (χ1n) is 4.89. The van der Waals surface area contributed by atoms with E-state index in [0.717, 1.165) is 0 Å². The Hall–Kier alpha value is -1.50. The minimum atomic E-state index is 0.186. The van der Waals surface area contributed by atoms with E-state index in [1.807, 2.05) is 6.07 Å². The summed E-state index contributed by atoms with van der Waals surface area (Å²) >= 11 is 0. The number of allylic oxidation sites excluding steroid dienone is 2. The van der Waals surface area contributed by atoms with E-state index in [4.69, 9.17) is 0 Å². The minimum Gasteiger partial charge on any atom is -0.324 e. The molecular formula is C13H15N. The number of para-hydroxylation sites is 1. The van der Waals surface area contributed by atoms with Crippen LogP contribution in [0.25, 0.3) is 0 Å². The lowest BCUT2D eigenvalue weighted by Gasteiger charge is -2.25. The molecule has 14 heavy (non-hydrogen) atoms. The number of nitrogens with zero attached hydrogens (tertiary/aromatic N) is 1. The summed E-state index contributed by atoms with van der Waals surface area (Å²) in [6.07, 6.45) is 8.66. The summed E-state index contributed by atoms with van der Waals surface area (Å²) in [5.74, 6) is 0. The fraction of sp³-hybridized carbons (Fsp3) is 0.231. The number of hydrogen-bond donors (Lipinski definition) is 0. The normalized spacial score (nSPS) is 18.6. The van der Waals surface area contributed by atoms with E-state index in [2.05, 4.69) is 67.6 Å². The maximum absolute atomic E-state index is 2.21. The van der Waals surface area contributed by atoms with Gasteiger partial charge in [0.25, 0.3) is 0 Å². The Morgan fingerprint density at radius 1 is 0.929 bits per heavy atom. The fourth-order valence-corrected chi connectivity index (χ4v) is 1.42. The standard InChI is InChI=1S/C13H15N/c1-13(2)8-10-14(11-9-13)12-6-4-3-5-7-12/h3-11H,1-2H3. The highest BCUT2D eigenvalue weighted by atomic mass is 15.1. The summed E-state index contributed by atoms with van der Waals surface area (Å²) in [5.41, 5.74) is 1.39. The number of benzene rings is 1. The number of hydrogen-bond acceptors (Lipinski definition) is 1. The lowest BCUT2D eigenvalue weighted by atomic mass is 9.92. The smallest absolute Gasteiger partial charge is 0.0449 e. The summed E-state index contributed by atoms with van der Waals surface area (Å²) in [6, 6.07) is 10.3. The Morgan fingerprint density at radius 2 is 1.50 bits per heavy atom. The third kappa shape index (κ3) is 1.87. The second-order valence-corrected chi connectivity index (χ2v) is 4.20. The molecule has 0 spiro atoms. The van der Waals surface area contributed by atoms with Gasteiger partial charge in [-0.1, -0.05) is 44.2 Å². The molecule has 1 heterocycles. The fourth-order valence-electron chi connectivity index (χ4n) is 1.42. The van der Waals surface area contributed by atoms with Crippen molar-refractivity contribution in [3.63, 3.8) is 0 Å². The van der Waals surface area contributed by atoms with Crippen LogP contribution in [0.2, 0.25) is 0 Å². The van der Waals surface area contributed by atoms with Crippen LogP contribution in [-0.4, -0.2) is 0 Å². The summed E-state index contributed by atoms with van der Waals surface area (Å²) in [5, 5.41) is 0. The van der Waals surface area contributed by atoms with Gasteiger partial charge >= 0.3 is 0 Å².